The van der Waals surface area contributed by atoms with E-state index in [2.05, 4.69) is 110 Å². The number of aryl methyl sites for hydroxylation is 1. The summed E-state index contributed by atoms with van der Waals surface area (Å²) in [6.45, 7) is 6.31. The van der Waals surface area contributed by atoms with Crippen molar-refractivity contribution in [1.82, 2.24) is 4.57 Å². The van der Waals surface area contributed by atoms with Crippen LogP contribution in [0.4, 0.5) is 0 Å². The first-order chi connectivity index (χ1) is 27.0. The molecule has 2 aromatic heterocycles. The van der Waals surface area contributed by atoms with Crippen LogP contribution in [0.2, 0.25) is 0 Å². The van der Waals surface area contributed by atoms with Gasteiger partial charge in [-0.3, -0.25) is 0 Å². The van der Waals surface area contributed by atoms with E-state index < -0.39 is 0 Å². The molecular formula is C51H49NO2S. The summed E-state index contributed by atoms with van der Waals surface area (Å²) in [5.74, 6) is 3.42. The van der Waals surface area contributed by atoms with E-state index in [1.54, 1.807) is 11.3 Å². The molecule has 0 bridgehead atoms. The van der Waals surface area contributed by atoms with Crippen molar-refractivity contribution in [3.8, 4) is 33.8 Å². The van der Waals surface area contributed by atoms with Crippen molar-refractivity contribution in [2.24, 2.45) is 13.0 Å². The summed E-state index contributed by atoms with van der Waals surface area (Å²) in [6, 6.07) is 30.6. The lowest BCUT2D eigenvalue weighted by Crippen LogP contribution is -2.21. The number of hydrogen-bond donors (Lipinski definition) is 2. The van der Waals surface area contributed by atoms with Crippen LogP contribution in [0, 0.1) is 5.92 Å². The minimum absolute atomic E-state index is 0.361. The standard InChI is InChI=1S/C25H23NO.C24H20OS.C2H6/c1-14-7-8-15-12-20-16-5-3-4-6-17(16)23-18-9-10-26(2)25(18)22(27)13-21(23)24(20)19(15)11-14;25-21-13-20-16-7-2-1-5-14(16)15-6-3-4-8-17(15)23(20)24-18(21)9-10-22-19(24)11-12-26-22;1-2/h3-6,8-11,13-14,20,24,27H,7,12H2,1-2H3;3-4,6,8-14,16,25H,1-2,5,7H2;1-2H3. The van der Waals surface area contributed by atoms with Crippen molar-refractivity contribution in [3.63, 3.8) is 0 Å². The summed E-state index contributed by atoms with van der Waals surface area (Å²) in [5, 5.41) is 28.6. The van der Waals surface area contributed by atoms with E-state index in [1.165, 1.54) is 102 Å². The molecular weight excluding hydrogens is 691 g/mol. The van der Waals surface area contributed by atoms with Gasteiger partial charge in [0, 0.05) is 45.4 Å². The Hall–Kier alpha value is -5.06. The van der Waals surface area contributed by atoms with E-state index in [4.69, 9.17) is 0 Å². The van der Waals surface area contributed by atoms with Crippen molar-refractivity contribution in [2.75, 3.05) is 0 Å². The molecule has 0 amide bonds. The van der Waals surface area contributed by atoms with Crippen LogP contribution in [0.3, 0.4) is 0 Å². The Labute approximate surface area is 328 Å². The van der Waals surface area contributed by atoms with Gasteiger partial charge < -0.3 is 14.8 Å². The molecule has 5 aromatic carbocycles. The van der Waals surface area contributed by atoms with E-state index >= 15 is 0 Å². The SMILES string of the molecule is CC.CC1C=C2C(=CC1)CC1c3ccccc3-c3c(cc(O)c4c3ccn4C)C21.Oc1cc2c(c3c1ccc1sccc13)-c1ccccc1C1CCCCC21. The number of allylic oxidation sites excluding steroid dienone is 4. The van der Waals surface area contributed by atoms with Crippen molar-refractivity contribution < 1.29 is 10.2 Å². The Morgan fingerprint density at radius 1 is 0.691 bits per heavy atom. The fraction of sp³-hybridized carbons (Fsp3) is 0.294. The summed E-state index contributed by atoms with van der Waals surface area (Å²) in [5.41, 5.74) is 15.0. The third-order valence-electron chi connectivity index (χ3n) is 13.4. The molecule has 2 fully saturated rings. The second-order valence-electron chi connectivity index (χ2n) is 16.3. The largest absolute Gasteiger partial charge is 0.507 e. The van der Waals surface area contributed by atoms with Gasteiger partial charge in [-0.1, -0.05) is 94.3 Å². The molecule has 276 valence electrons. The summed E-state index contributed by atoms with van der Waals surface area (Å²) in [7, 11) is 2.01. The van der Waals surface area contributed by atoms with E-state index in [9.17, 15) is 10.2 Å². The first kappa shape index (κ1) is 34.4. The van der Waals surface area contributed by atoms with Crippen LogP contribution in [0.5, 0.6) is 11.5 Å². The van der Waals surface area contributed by atoms with Gasteiger partial charge in [-0.2, -0.15) is 0 Å². The number of benzene rings is 5. The first-order valence-corrected chi connectivity index (χ1v) is 21.4. The molecule has 0 spiro atoms. The predicted molar refractivity (Wildman–Crippen MR) is 232 cm³/mol. The maximum Gasteiger partial charge on any atom is 0.140 e. The third kappa shape index (κ3) is 5.13. The van der Waals surface area contributed by atoms with E-state index in [0.29, 0.717) is 41.1 Å². The highest BCUT2D eigenvalue weighted by molar-refractivity contribution is 7.17. The molecule has 0 saturated heterocycles. The second kappa shape index (κ2) is 13.3. The van der Waals surface area contributed by atoms with Gasteiger partial charge in [-0.15, -0.1) is 11.3 Å². The Balaban J connectivity index is 0.000000130. The van der Waals surface area contributed by atoms with Crippen LogP contribution in [0.15, 0.2) is 120 Å². The third-order valence-corrected chi connectivity index (χ3v) is 14.3. The Morgan fingerprint density at radius 2 is 1.38 bits per heavy atom. The second-order valence-corrected chi connectivity index (χ2v) is 17.2. The molecule has 2 heterocycles. The van der Waals surface area contributed by atoms with Crippen molar-refractivity contribution in [3.05, 3.63) is 142 Å². The number of phenols is 2. The zero-order valence-electron chi connectivity index (χ0n) is 32.3. The molecule has 0 aliphatic heterocycles. The van der Waals surface area contributed by atoms with Gasteiger partial charge in [0.2, 0.25) is 0 Å². The van der Waals surface area contributed by atoms with E-state index in [0.717, 1.165) is 23.7 Å². The number of aromatic hydroxyl groups is 2. The Bertz CT molecular complexity index is 2720. The first-order valence-electron chi connectivity index (χ1n) is 20.5. The number of phenolic OH excluding ortho intramolecular Hbond substituents is 2. The zero-order valence-corrected chi connectivity index (χ0v) is 33.1. The molecule has 0 radical (unpaired) electrons. The Kier molecular flexibility index (Phi) is 8.33. The van der Waals surface area contributed by atoms with Crippen LogP contribution in [-0.2, 0) is 7.05 Å². The van der Waals surface area contributed by atoms with Crippen LogP contribution < -0.4 is 0 Å². The van der Waals surface area contributed by atoms with E-state index in [-0.39, 0.29) is 0 Å². The normalized spacial score (nSPS) is 22.7. The lowest BCUT2D eigenvalue weighted by Gasteiger charge is -2.39. The molecule has 5 atom stereocenters. The maximum absolute atomic E-state index is 10.9. The smallest absolute Gasteiger partial charge is 0.140 e. The number of rotatable bonds is 0. The topological polar surface area (TPSA) is 45.4 Å². The average Bonchev–Trinajstić information content (AvgIpc) is 3.96. The summed E-state index contributed by atoms with van der Waals surface area (Å²) >= 11 is 1.78. The fourth-order valence-corrected chi connectivity index (χ4v) is 12.0. The maximum atomic E-state index is 10.9. The molecule has 12 rings (SSSR count). The number of hydrogen-bond acceptors (Lipinski definition) is 3. The van der Waals surface area contributed by atoms with Gasteiger partial charge in [0.25, 0.3) is 0 Å². The number of aromatic nitrogens is 1. The van der Waals surface area contributed by atoms with Gasteiger partial charge in [0.05, 0.1) is 5.52 Å². The molecule has 5 aliphatic carbocycles. The monoisotopic (exact) mass is 739 g/mol. The lowest BCUT2D eigenvalue weighted by atomic mass is 9.65. The number of fused-ring (bicyclic) bond motifs is 20. The van der Waals surface area contributed by atoms with Crippen molar-refractivity contribution in [2.45, 2.75) is 83.0 Å². The van der Waals surface area contributed by atoms with Crippen LogP contribution >= 0.6 is 11.3 Å². The van der Waals surface area contributed by atoms with Gasteiger partial charge in [0.15, 0.2) is 0 Å². The van der Waals surface area contributed by atoms with Crippen LogP contribution in [0.25, 0.3) is 54.0 Å². The summed E-state index contributed by atoms with van der Waals surface area (Å²) in [6.07, 6.45) is 14.4. The highest BCUT2D eigenvalue weighted by atomic mass is 32.1. The highest BCUT2D eigenvalue weighted by Crippen LogP contribution is 2.62. The summed E-state index contributed by atoms with van der Waals surface area (Å²) < 4.78 is 3.33. The van der Waals surface area contributed by atoms with Gasteiger partial charge in [0.1, 0.15) is 11.5 Å². The minimum Gasteiger partial charge on any atom is -0.507 e. The molecule has 55 heavy (non-hydrogen) atoms. The average molecular weight is 740 g/mol. The summed E-state index contributed by atoms with van der Waals surface area (Å²) in [4.78, 5) is 0. The molecule has 2 N–H and O–H groups in total. The van der Waals surface area contributed by atoms with Crippen molar-refractivity contribution in [1.29, 1.82) is 0 Å². The number of nitrogens with zero attached hydrogens (tertiary/aromatic N) is 1. The number of thiophene rings is 1. The zero-order chi connectivity index (χ0) is 37.5. The van der Waals surface area contributed by atoms with E-state index in [1.807, 2.05) is 31.5 Å². The predicted octanol–water partition coefficient (Wildman–Crippen LogP) is 14.2. The molecule has 5 aliphatic rings. The molecule has 2 saturated carbocycles. The molecule has 4 heteroatoms. The molecule has 7 aromatic rings. The highest BCUT2D eigenvalue weighted by Gasteiger charge is 2.44. The van der Waals surface area contributed by atoms with Gasteiger partial charge in [-0.25, -0.2) is 0 Å². The van der Waals surface area contributed by atoms with Crippen LogP contribution in [0.1, 0.15) is 105 Å². The van der Waals surface area contributed by atoms with Gasteiger partial charge in [-0.05, 0) is 147 Å². The molecule has 3 nitrogen and oxygen atoms in total. The quantitative estimate of drug-likeness (QED) is 0.163. The fourth-order valence-electron chi connectivity index (χ4n) is 11.2. The van der Waals surface area contributed by atoms with Crippen LogP contribution in [-0.4, -0.2) is 14.8 Å². The van der Waals surface area contributed by atoms with Gasteiger partial charge >= 0.3 is 0 Å². The molecule has 5 unspecified atom stereocenters. The minimum atomic E-state index is 0.361. The Morgan fingerprint density at radius 3 is 2.16 bits per heavy atom. The lowest BCUT2D eigenvalue weighted by molar-refractivity contribution is 0.382. The van der Waals surface area contributed by atoms with Crippen molar-refractivity contribution >= 4 is 43.1 Å².